The molecule has 0 aliphatic rings. The van der Waals surface area contributed by atoms with E-state index < -0.39 is 8.32 Å². The van der Waals surface area contributed by atoms with Crippen LogP contribution in [0.2, 0.25) is 18.1 Å². The van der Waals surface area contributed by atoms with Gasteiger partial charge in [0.1, 0.15) is 5.75 Å². The van der Waals surface area contributed by atoms with Gasteiger partial charge in [0.2, 0.25) is 0 Å². The highest BCUT2D eigenvalue weighted by Gasteiger charge is 2.39. The van der Waals surface area contributed by atoms with Crippen LogP contribution < -0.4 is 9.16 Å². The van der Waals surface area contributed by atoms with E-state index in [4.69, 9.17) is 13.9 Å². The van der Waals surface area contributed by atoms with Crippen LogP contribution in [0.15, 0.2) is 18.2 Å². The molecule has 0 atom stereocenters. The molecule has 0 radical (unpaired) electrons. The summed E-state index contributed by atoms with van der Waals surface area (Å²) in [4.78, 5) is 0. The third kappa shape index (κ3) is 3.98. The van der Waals surface area contributed by atoms with E-state index in [0.717, 1.165) is 17.1 Å². The van der Waals surface area contributed by atoms with Gasteiger partial charge >= 0.3 is 0 Å². The first-order valence-electron chi connectivity index (χ1n) is 6.56. The molecule has 1 aromatic rings. The Kier molecular flexibility index (Phi) is 5.04. The largest absolute Gasteiger partial charge is 0.541 e. The minimum absolute atomic E-state index is 0.162. The molecule has 108 valence electrons. The van der Waals surface area contributed by atoms with E-state index in [0.29, 0.717) is 6.61 Å². The lowest BCUT2D eigenvalue weighted by atomic mass is 10.2. The van der Waals surface area contributed by atoms with E-state index in [1.54, 1.807) is 14.2 Å². The maximum absolute atomic E-state index is 6.33. The minimum atomic E-state index is -1.86. The maximum Gasteiger partial charge on any atom is 0.250 e. The Balaban J connectivity index is 3.07. The van der Waals surface area contributed by atoms with Gasteiger partial charge in [-0.1, -0.05) is 26.8 Å². The van der Waals surface area contributed by atoms with Gasteiger partial charge in [0.15, 0.2) is 5.75 Å². The normalized spacial score (nSPS) is 12.4. The van der Waals surface area contributed by atoms with Gasteiger partial charge in [0.05, 0.1) is 13.7 Å². The first-order chi connectivity index (χ1) is 8.71. The van der Waals surface area contributed by atoms with Crippen molar-refractivity contribution in [2.45, 2.75) is 45.5 Å². The Bertz CT molecular complexity index is 422. The van der Waals surface area contributed by atoms with Crippen LogP contribution in [0.4, 0.5) is 0 Å². The molecular weight excluding hydrogens is 256 g/mol. The zero-order valence-corrected chi connectivity index (χ0v) is 14.2. The minimum Gasteiger partial charge on any atom is -0.541 e. The van der Waals surface area contributed by atoms with Crippen molar-refractivity contribution in [3.63, 3.8) is 0 Å². The van der Waals surface area contributed by atoms with Crippen molar-refractivity contribution in [2.75, 3.05) is 14.2 Å². The van der Waals surface area contributed by atoms with E-state index in [2.05, 4.69) is 33.9 Å². The van der Waals surface area contributed by atoms with Gasteiger partial charge < -0.3 is 13.9 Å². The molecule has 0 N–H and O–H groups in total. The van der Waals surface area contributed by atoms with Gasteiger partial charge in [-0.15, -0.1) is 0 Å². The molecule has 0 amide bonds. The molecule has 3 nitrogen and oxygen atoms in total. The average molecular weight is 282 g/mol. The predicted molar refractivity (Wildman–Crippen MR) is 81.5 cm³/mol. The summed E-state index contributed by atoms with van der Waals surface area (Å²) in [6.45, 7) is 11.7. The van der Waals surface area contributed by atoms with E-state index in [1.807, 2.05) is 18.2 Å². The molecule has 1 rings (SSSR count). The standard InChI is InChI=1S/C15H26O3Si/c1-15(2,3)19(6,7)18-14-10-12(11-16-4)8-9-13(14)17-5/h8-10H,11H2,1-7H3. The highest BCUT2D eigenvalue weighted by molar-refractivity contribution is 6.74. The van der Waals surface area contributed by atoms with Crippen LogP contribution in [-0.4, -0.2) is 22.5 Å². The molecule has 4 heteroatoms. The monoisotopic (exact) mass is 282 g/mol. The average Bonchev–Trinajstić information content (AvgIpc) is 2.28. The van der Waals surface area contributed by atoms with Crippen molar-refractivity contribution in [3.8, 4) is 11.5 Å². The molecule has 0 unspecified atom stereocenters. The molecule has 0 saturated heterocycles. The van der Waals surface area contributed by atoms with Crippen LogP contribution >= 0.6 is 0 Å². The van der Waals surface area contributed by atoms with Crippen LogP contribution in [0.3, 0.4) is 0 Å². The van der Waals surface area contributed by atoms with E-state index >= 15 is 0 Å². The number of hydrogen-bond acceptors (Lipinski definition) is 3. The second-order valence-corrected chi connectivity index (χ2v) is 11.0. The number of methoxy groups -OCH3 is 2. The number of rotatable bonds is 5. The van der Waals surface area contributed by atoms with Crippen molar-refractivity contribution in [1.82, 2.24) is 0 Å². The smallest absolute Gasteiger partial charge is 0.250 e. The van der Waals surface area contributed by atoms with Crippen LogP contribution in [-0.2, 0) is 11.3 Å². The van der Waals surface area contributed by atoms with Crippen molar-refractivity contribution in [3.05, 3.63) is 23.8 Å². The Morgan fingerprint density at radius 1 is 1.05 bits per heavy atom. The quantitative estimate of drug-likeness (QED) is 0.757. The molecule has 1 aromatic carbocycles. The molecule has 0 saturated carbocycles. The van der Waals surface area contributed by atoms with Gasteiger partial charge in [-0.3, -0.25) is 0 Å². The summed E-state index contributed by atoms with van der Waals surface area (Å²) >= 11 is 0. The van der Waals surface area contributed by atoms with Gasteiger partial charge in [0, 0.05) is 7.11 Å². The summed E-state index contributed by atoms with van der Waals surface area (Å²) in [5, 5.41) is 0.162. The predicted octanol–water partition coefficient (Wildman–Crippen LogP) is 4.23. The second kappa shape index (κ2) is 5.97. The van der Waals surface area contributed by atoms with Crippen LogP contribution in [0.1, 0.15) is 26.3 Å². The first kappa shape index (κ1) is 16.1. The molecular formula is C15H26O3Si. The first-order valence-corrected chi connectivity index (χ1v) is 9.47. The molecule has 0 aromatic heterocycles. The molecule has 0 spiro atoms. The summed E-state index contributed by atoms with van der Waals surface area (Å²) in [6, 6.07) is 5.96. The van der Waals surface area contributed by atoms with Crippen molar-refractivity contribution < 1.29 is 13.9 Å². The van der Waals surface area contributed by atoms with Crippen molar-refractivity contribution in [2.24, 2.45) is 0 Å². The fourth-order valence-corrected chi connectivity index (χ4v) is 2.50. The molecule has 0 fully saturated rings. The van der Waals surface area contributed by atoms with E-state index in [-0.39, 0.29) is 5.04 Å². The van der Waals surface area contributed by atoms with E-state index in [9.17, 15) is 0 Å². The third-order valence-electron chi connectivity index (χ3n) is 3.71. The fraction of sp³-hybridized carbons (Fsp3) is 0.600. The van der Waals surface area contributed by atoms with Crippen LogP contribution in [0.25, 0.3) is 0 Å². The molecule has 19 heavy (non-hydrogen) atoms. The topological polar surface area (TPSA) is 27.7 Å². The summed E-state index contributed by atoms with van der Waals surface area (Å²) in [5.74, 6) is 1.60. The summed E-state index contributed by atoms with van der Waals surface area (Å²) in [5.41, 5.74) is 1.09. The Morgan fingerprint density at radius 3 is 2.16 bits per heavy atom. The van der Waals surface area contributed by atoms with Gasteiger partial charge in [-0.2, -0.15) is 0 Å². The fourth-order valence-electron chi connectivity index (χ4n) is 1.49. The number of hydrogen-bond donors (Lipinski definition) is 0. The molecule has 0 heterocycles. The maximum atomic E-state index is 6.33. The third-order valence-corrected chi connectivity index (χ3v) is 8.05. The second-order valence-electron chi connectivity index (χ2n) is 6.28. The summed E-state index contributed by atoms with van der Waals surface area (Å²) in [6.07, 6.45) is 0. The lowest BCUT2D eigenvalue weighted by Gasteiger charge is -2.36. The molecule has 0 aliphatic carbocycles. The highest BCUT2D eigenvalue weighted by Crippen LogP contribution is 2.40. The lowest BCUT2D eigenvalue weighted by Crippen LogP contribution is -2.43. The number of ether oxygens (including phenoxy) is 2. The zero-order valence-electron chi connectivity index (χ0n) is 13.2. The summed E-state index contributed by atoms with van der Waals surface area (Å²) in [7, 11) is 1.50. The molecule has 0 bridgehead atoms. The zero-order chi connectivity index (χ0) is 14.7. The molecule has 0 aliphatic heterocycles. The van der Waals surface area contributed by atoms with Gasteiger partial charge in [0.25, 0.3) is 8.32 Å². The lowest BCUT2D eigenvalue weighted by molar-refractivity contribution is 0.184. The summed E-state index contributed by atoms with van der Waals surface area (Å²) < 4.78 is 16.9. The van der Waals surface area contributed by atoms with Crippen molar-refractivity contribution in [1.29, 1.82) is 0 Å². The Labute approximate surface area is 118 Å². The van der Waals surface area contributed by atoms with E-state index in [1.165, 1.54) is 0 Å². The van der Waals surface area contributed by atoms with Crippen LogP contribution in [0, 0.1) is 0 Å². The highest BCUT2D eigenvalue weighted by atomic mass is 28.4. The van der Waals surface area contributed by atoms with Gasteiger partial charge in [-0.25, -0.2) is 0 Å². The SMILES string of the molecule is COCc1ccc(OC)c(O[Si](C)(C)C(C)(C)C)c1. The van der Waals surface area contributed by atoms with Crippen LogP contribution in [0.5, 0.6) is 11.5 Å². The Morgan fingerprint density at radius 2 is 1.68 bits per heavy atom. The van der Waals surface area contributed by atoms with Crippen molar-refractivity contribution >= 4 is 8.32 Å². The Hall–Kier alpha value is -1.00. The number of benzene rings is 1. The van der Waals surface area contributed by atoms with Gasteiger partial charge in [-0.05, 0) is 35.8 Å².